The largest absolute Gasteiger partial charge is 0.322 e. The fraction of sp³-hybridized carbons (Fsp3) is 0.316. The first kappa shape index (κ1) is 15.9. The highest BCUT2D eigenvalue weighted by molar-refractivity contribution is 6.30. The zero-order valence-electron chi connectivity index (χ0n) is 13.5. The molecule has 1 unspecified atom stereocenters. The Labute approximate surface area is 142 Å². The second kappa shape index (κ2) is 6.63. The maximum absolute atomic E-state index is 12.7. The number of nitrogens with one attached hydrogen (secondary N) is 1. The molecule has 1 aliphatic rings. The highest BCUT2D eigenvalue weighted by Gasteiger charge is 2.30. The van der Waals surface area contributed by atoms with Crippen molar-refractivity contribution in [1.29, 1.82) is 0 Å². The van der Waals surface area contributed by atoms with Crippen LogP contribution < -0.4 is 5.32 Å². The fourth-order valence-electron chi connectivity index (χ4n) is 3.11. The number of hydrogen-bond donors (Lipinski definition) is 1. The third-order valence-electron chi connectivity index (χ3n) is 4.61. The molecule has 1 N–H and O–H groups in total. The SMILES string of the molecule is Cc1cccc(NC(=O)N2CCCC2c2ccc(Cl)cc2)c1C. The van der Waals surface area contributed by atoms with Gasteiger partial charge in [0.25, 0.3) is 0 Å². The maximum Gasteiger partial charge on any atom is 0.322 e. The van der Waals surface area contributed by atoms with Gasteiger partial charge in [-0.05, 0) is 61.6 Å². The van der Waals surface area contributed by atoms with E-state index in [2.05, 4.69) is 18.3 Å². The number of carbonyl (C=O) groups is 1. The van der Waals surface area contributed by atoms with E-state index in [0.717, 1.165) is 41.2 Å². The van der Waals surface area contributed by atoms with Crippen LogP contribution in [-0.4, -0.2) is 17.5 Å². The lowest BCUT2D eigenvalue weighted by Crippen LogP contribution is -2.34. The first-order valence-electron chi connectivity index (χ1n) is 7.95. The number of amides is 2. The molecular formula is C19H21ClN2O. The number of benzene rings is 2. The molecule has 4 heteroatoms. The summed E-state index contributed by atoms with van der Waals surface area (Å²) in [5.74, 6) is 0. The van der Waals surface area contributed by atoms with E-state index in [-0.39, 0.29) is 12.1 Å². The predicted molar refractivity (Wildman–Crippen MR) is 95.1 cm³/mol. The van der Waals surface area contributed by atoms with E-state index in [4.69, 9.17) is 11.6 Å². The van der Waals surface area contributed by atoms with Crippen LogP contribution in [0, 0.1) is 13.8 Å². The first-order valence-corrected chi connectivity index (χ1v) is 8.33. The molecule has 2 amide bonds. The predicted octanol–water partition coefficient (Wildman–Crippen LogP) is 5.33. The molecule has 1 fully saturated rings. The van der Waals surface area contributed by atoms with Gasteiger partial charge in [-0.2, -0.15) is 0 Å². The average Bonchev–Trinajstić information content (AvgIpc) is 3.02. The zero-order chi connectivity index (χ0) is 16.4. The molecule has 0 spiro atoms. The molecule has 0 aliphatic carbocycles. The van der Waals surface area contributed by atoms with E-state index in [1.165, 1.54) is 5.56 Å². The highest BCUT2D eigenvalue weighted by atomic mass is 35.5. The summed E-state index contributed by atoms with van der Waals surface area (Å²) in [6.45, 7) is 4.87. The molecule has 2 aromatic carbocycles. The van der Waals surface area contributed by atoms with Crippen molar-refractivity contribution in [2.75, 3.05) is 11.9 Å². The van der Waals surface area contributed by atoms with Gasteiger partial charge in [0.05, 0.1) is 6.04 Å². The standard InChI is InChI=1S/C19H21ClN2O/c1-13-5-3-6-17(14(13)2)21-19(23)22-12-4-7-18(22)15-8-10-16(20)11-9-15/h3,5-6,8-11,18H,4,7,12H2,1-2H3,(H,21,23). The third kappa shape index (κ3) is 3.35. The highest BCUT2D eigenvalue weighted by Crippen LogP contribution is 2.33. The molecule has 23 heavy (non-hydrogen) atoms. The minimum Gasteiger partial charge on any atom is -0.317 e. The summed E-state index contributed by atoms with van der Waals surface area (Å²) < 4.78 is 0. The molecule has 1 atom stereocenters. The number of anilines is 1. The summed E-state index contributed by atoms with van der Waals surface area (Å²) in [5.41, 5.74) is 4.32. The third-order valence-corrected chi connectivity index (χ3v) is 4.87. The minimum absolute atomic E-state index is 0.0313. The smallest absolute Gasteiger partial charge is 0.317 e. The van der Waals surface area contributed by atoms with Crippen molar-refractivity contribution >= 4 is 23.3 Å². The topological polar surface area (TPSA) is 32.3 Å². The molecule has 0 aromatic heterocycles. The molecule has 120 valence electrons. The molecule has 2 aromatic rings. The van der Waals surface area contributed by atoms with Gasteiger partial charge in [0, 0.05) is 17.3 Å². The molecule has 1 saturated heterocycles. The van der Waals surface area contributed by atoms with E-state index >= 15 is 0 Å². The van der Waals surface area contributed by atoms with Crippen LogP contribution in [0.25, 0.3) is 0 Å². The molecule has 0 radical (unpaired) electrons. The van der Waals surface area contributed by atoms with Crippen LogP contribution in [0.1, 0.15) is 35.6 Å². The van der Waals surface area contributed by atoms with E-state index in [0.29, 0.717) is 0 Å². The van der Waals surface area contributed by atoms with Crippen molar-refractivity contribution in [3.05, 3.63) is 64.2 Å². The van der Waals surface area contributed by atoms with Gasteiger partial charge in [-0.1, -0.05) is 35.9 Å². The Morgan fingerprint density at radius 3 is 2.65 bits per heavy atom. The molecule has 1 heterocycles. The molecule has 1 aliphatic heterocycles. The second-order valence-corrected chi connectivity index (χ2v) is 6.52. The number of hydrogen-bond acceptors (Lipinski definition) is 1. The number of likely N-dealkylation sites (tertiary alicyclic amines) is 1. The Bertz CT molecular complexity index is 712. The zero-order valence-corrected chi connectivity index (χ0v) is 14.2. The van der Waals surface area contributed by atoms with Crippen molar-refractivity contribution < 1.29 is 4.79 Å². The van der Waals surface area contributed by atoms with Crippen LogP contribution in [0.15, 0.2) is 42.5 Å². The number of urea groups is 1. The Balaban J connectivity index is 1.78. The Morgan fingerprint density at radius 2 is 1.91 bits per heavy atom. The van der Waals surface area contributed by atoms with Crippen molar-refractivity contribution in [1.82, 2.24) is 4.90 Å². The van der Waals surface area contributed by atoms with Gasteiger partial charge in [0.15, 0.2) is 0 Å². The quantitative estimate of drug-likeness (QED) is 0.794. The fourth-order valence-corrected chi connectivity index (χ4v) is 3.24. The Hall–Kier alpha value is -2.00. The summed E-state index contributed by atoms with van der Waals surface area (Å²) in [6.07, 6.45) is 2.01. The molecule has 0 saturated carbocycles. The molecule has 0 bridgehead atoms. The summed E-state index contributed by atoms with van der Waals surface area (Å²) in [6, 6.07) is 13.9. The maximum atomic E-state index is 12.7. The monoisotopic (exact) mass is 328 g/mol. The van der Waals surface area contributed by atoms with Gasteiger partial charge in [-0.15, -0.1) is 0 Å². The van der Waals surface area contributed by atoms with Gasteiger partial charge in [0.1, 0.15) is 0 Å². The Morgan fingerprint density at radius 1 is 1.17 bits per heavy atom. The number of halogens is 1. The van der Waals surface area contributed by atoms with Crippen LogP contribution in [-0.2, 0) is 0 Å². The number of carbonyl (C=O) groups excluding carboxylic acids is 1. The summed E-state index contributed by atoms with van der Waals surface area (Å²) in [5, 5.41) is 3.79. The average molecular weight is 329 g/mol. The molecular weight excluding hydrogens is 308 g/mol. The summed E-state index contributed by atoms with van der Waals surface area (Å²) in [7, 11) is 0. The lowest BCUT2D eigenvalue weighted by molar-refractivity contribution is 0.207. The normalized spacial score (nSPS) is 17.3. The van der Waals surface area contributed by atoms with Gasteiger partial charge >= 0.3 is 6.03 Å². The minimum atomic E-state index is -0.0313. The van der Waals surface area contributed by atoms with Crippen LogP contribution >= 0.6 is 11.6 Å². The van der Waals surface area contributed by atoms with E-state index < -0.39 is 0 Å². The van der Waals surface area contributed by atoms with Crippen molar-refractivity contribution in [3.8, 4) is 0 Å². The second-order valence-electron chi connectivity index (χ2n) is 6.08. The van der Waals surface area contributed by atoms with Crippen LogP contribution in [0.2, 0.25) is 5.02 Å². The van der Waals surface area contributed by atoms with Crippen molar-refractivity contribution in [3.63, 3.8) is 0 Å². The summed E-state index contributed by atoms with van der Waals surface area (Å²) >= 11 is 5.96. The number of rotatable bonds is 2. The van der Waals surface area contributed by atoms with E-state index in [9.17, 15) is 4.79 Å². The van der Waals surface area contributed by atoms with Crippen LogP contribution in [0.5, 0.6) is 0 Å². The van der Waals surface area contributed by atoms with Crippen molar-refractivity contribution in [2.24, 2.45) is 0 Å². The lowest BCUT2D eigenvalue weighted by atomic mass is 10.0. The van der Waals surface area contributed by atoms with Crippen LogP contribution in [0.4, 0.5) is 10.5 Å². The van der Waals surface area contributed by atoms with Crippen LogP contribution in [0.3, 0.4) is 0 Å². The number of nitrogens with zero attached hydrogens (tertiary/aromatic N) is 1. The molecule has 3 rings (SSSR count). The van der Waals surface area contributed by atoms with Gasteiger partial charge in [-0.3, -0.25) is 0 Å². The Kier molecular flexibility index (Phi) is 4.58. The summed E-state index contributed by atoms with van der Waals surface area (Å²) in [4.78, 5) is 14.6. The van der Waals surface area contributed by atoms with Gasteiger partial charge in [0.2, 0.25) is 0 Å². The lowest BCUT2D eigenvalue weighted by Gasteiger charge is -2.26. The van der Waals surface area contributed by atoms with E-state index in [1.807, 2.05) is 48.2 Å². The van der Waals surface area contributed by atoms with Gasteiger partial charge < -0.3 is 10.2 Å². The molecule has 3 nitrogen and oxygen atoms in total. The number of aryl methyl sites for hydroxylation is 1. The van der Waals surface area contributed by atoms with E-state index in [1.54, 1.807) is 0 Å². The van der Waals surface area contributed by atoms with Gasteiger partial charge in [-0.25, -0.2) is 4.79 Å². The first-order chi connectivity index (χ1) is 11.1. The van der Waals surface area contributed by atoms with Crippen molar-refractivity contribution in [2.45, 2.75) is 32.7 Å².